The molecule has 2 aromatic heterocycles. The summed E-state index contributed by atoms with van der Waals surface area (Å²) in [6, 6.07) is 14.3. The van der Waals surface area contributed by atoms with Crippen LogP contribution in [0.4, 0.5) is 23.0 Å². The van der Waals surface area contributed by atoms with Gasteiger partial charge < -0.3 is 15.8 Å². The molecule has 2 heterocycles. The molecule has 0 saturated carbocycles. The molecular formula is C20H17ClN6O3S. The van der Waals surface area contributed by atoms with Crippen LogP contribution in [0.1, 0.15) is 0 Å². The van der Waals surface area contributed by atoms with Crippen LogP contribution in [0.25, 0.3) is 11.2 Å². The number of nitrogen functional groups attached to an aromatic ring is 1. The molecule has 4 aromatic rings. The van der Waals surface area contributed by atoms with E-state index >= 15 is 0 Å². The zero-order valence-corrected chi connectivity index (χ0v) is 17.8. The van der Waals surface area contributed by atoms with Crippen LogP contribution in [-0.4, -0.2) is 30.5 Å². The molecule has 0 aliphatic carbocycles. The monoisotopic (exact) mass is 456 g/mol. The summed E-state index contributed by atoms with van der Waals surface area (Å²) in [6.45, 7) is 0. The first-order chi connectivity index (χ1) is 14.9. The van der Waals surface area contributed by atoms with Gasteiger partial charge >= 0.3 is 0 Å². The lowest BCUT2D eigenvalue weighted by Crippen LogP contribution is -2.16. The Morgan fingerprint density at radius 2 is 1.87 bits per heavy atom. The Bertz CT molecular complexity index is 1380. The van der Waals surface area contributed by atoms with E-state index in [2.05, 4.69) is 25.0 Å². The van der Waals surface area contributed by atoms with E-state index in [9.17, 15) is 8.42 Å². The number of nitrogens with one attached hydrogen (secondary N) is 2. The van der Waals surface area contributed by atoms with Gasteiger partial charge in [-0.05, 0) is 42.5 Å². The molecule has 0 amide bonds. The van der Waals surface area contributed by atoms with Crippen molar-refractivity contribution in [3.63, 3.8) is 0 Å². The lowest BCUT2D eigenvalue weighted by Gasteiger charge is -2.15. The maximum absolute atomic E-state index is 12.9. The lowest BCUT2D eigenvalue weighted by molar-refractivity contribution is 0.415. The van der Waals surface area contributed by atoms with Gasteiger partial charge in [0.1, 0.15) is 11.3 Å². The molecule has 0 atom stereocenters. The van der Waals surface area contributed by atoms with Gasteiger partial charge in [-0.3, -0.25) is 4.72 Å². The Morgan fingerprint density at radius 3 is 2.65 bits per heavy atom. The third-order valence-electron chi connectivity index (χ3n) is 4.27. The molecule has 31 heavy (non-hydrogen) atoms. The van der Waals surface area contributed by atoms with Gasteiger partial charge in [-0.25, -0.2) is 23.4 Å². The number of methoxy groups -OCH3 is 1. The van der Waals surface area contributed by atoms with Crippen LogP contribution in [0.3, 0.4) is 0 Å². The molecule has 0 bridgehead atoms. The fraction of sp³-hybridized carbons (Fsp3) is 0.0500. The van der Waals surface area contributed by atoms with Crippen LogP contribution in [0.2, 0.25) is 5.02 Å². The second kappa shape index (κ2) is 8.25. The second-order valence-electron chi connectivity index (χ2n) is 6.42. The molecular weight excluding hydrogens is 440 g/mol. The van der Waals surface area contributed by atoms with Gasteiger partial charge in [-0.1, -0.05) is 17.7 Å². The van der Waals surface area contributed by atoms with E-state index in [1.807, 2.05) is 0 Å². The average molecular weight is 457 g/mol. The molecule has 0 fully saturated rings. The van der Waals surface area contributed by atoms with Crippen molar-refractivity contribution < 1.29 is 13.2 Å². The number of ether oxygens (including phenoxy) is 1. The summed E-state index contributed by atoms with van der Waals surface area (Å²) >= 11 is 6.29. The van der Waals surface area contributed by atoms with E-state index in [1.165, 1.54) is 19.2 Å². The predicted octanol–water partition coefficient (Wildman–Crippen LogP) is 3.81. The number of nitrogens with two attached hydrogens (primary N) is 1. The molecule has 0 spiro atoms. The highest BCUT2D eigenvalue weighted by molar-refractivity contribution is 7.92. The Morgan fingerprint density at radius 1 is 1.03 bits per heavy atom. The van der Waals surface area contributed by atoms with Gasteiger partial charge in [-0.15, -0.1) is 0 Å². The van der Waals surface area contributed by atoms with E-state index < -0.39 is 10.0 Å². The summed E-state index contributed by atoms with van der Waals surface area (Å²) < 4.78 is 33.6. The molecule has 0 aliphatic heterocycles. The Kier molecular flexibility index (Phi) is 5.49. The first-order valence-electron chi connectivity index (χ1n) is 8.97. The smallest absolute Gasteiger partial charge is 0.263 e. The third kappa shape index (κ3) is 4.44. The van der Waals surface area contributed by atoms with Crippen molar-refractivity contribution in [2.24, 2.45) is 0 Å². The number of benzene rings is 2. The van der Waals surface area contributed by atoms with Crippen LogP contribution in [0.5, 0.6) is 5.75 Å². The first-order valence-corrected chi connectivity index (χ1v) is 10.8. The van der Waals surface area contributed by atoms with Gasteiger partial charge in [0, 0.05) is 18.0 Å². The number of sulfonamides is 1. The SMILES string of the molecule is COc1ccc(Cl)c(Nc2nc3ncccc3nc2NS(=O)(=O)c2cccc(N)c2)c1. The molecule has 4 N–H and O–H groups in total. The van der Waals surface area contributed by atoms with Crippen LogP contribution >= 0.6 is 11.6 Å². The molecule has 0 saturated heterocycles. The maximum atomic E-state index is 12.9. The summed E-state index contributed by atoms with van der Waals surface area (Å²) in [5.74, 6) is 0.649. The highest BCUT2D eigenvalue weighted by Crippen LogP contribution is 2.32. The Hall–Kier alpha value is -3.63. The largest absolute Gasteiger partial charge is 0.497 e. The summed E-state index contributed by atoms with van der Waals surface area (Å²) in [5.41, 5.74) is 7.24. The van der Waals surface area contributed by atoms with Crippen LogP contribution in [0, 0.1) is 0 Å². The summed E-state index contributed by atoms with van der Waals surface area (Å²) in [7, 11) is -2.47. The number of hydrogen-bond acceptors (Lipinski definition) is 8. The number of aromatic nitrogens is 3. The van der Waals surface area contributed by atoms with Crippen LogP contribution < -0.4 is 20.5 Å². The van der Waals surface area contributed by atoms with E-state index in [0.717, 1.165) is 0 Å². The zero-order valence-electron chi connectivity index (χ0n) is 16.2. The lowest BCUT2D eigenvalue weighted by atomic mass is 10.3. The van der Waals surface area contributed by atoms with Gasteiger partial charge in [0.2, 0.25) is 0 Å². The molecule has 158 valence electrons. The highest BCUT2D eigenvalue weighted by Gasteiger charge is 2.20. The average Bonchev–Trinajstić information content (AvgIpc) is 2.75. The van der Waals surface area contributed by atoms with Gasteiger partial charge in [0.15, 0.2) is 17.3 Å². The standard InChI is InChI=1S/C20H17ClN6O3S/c1-30-13-7-8-15(21)17(11-13)25-19-20(24-16-6-3-9-23-18(16)26-19)27-31(28,29)14-5-2-4-12(22)10-14/h2-11H,22H2,1H3,(H,24,27)(H,23,25,26). The first kappa shape index (κ1) is 20.6. The summed E-state index contributed by atoms with van der Waals surface area (Å²) in [5, 5.41) is 3.40. The number of anilines is 4. The van der Waals surface area contributed by atoms with E-state index in [1.54, 1.807) is 48.7 Å². The fourth-order valence-electron chi connectivity index (χ4n) is 2.78. The molecule has 0 aliphatic rings. The topological polar surface area (TPSA) is 132 Å². The number of fused-ring (bicyclic) bond motifs is 1. The number of pyridine rings is 1. The van der Waals surface area contributed by atoms with Crippen molar-refractivity contribution in [1.82, 2.24) is 15.0 Å². The minimum atomic E-state index is -3.99. The molecule has 0 radical (unpaired) electrons. The third-order valence-corrected chi connectivity index (χ3v) is 5.93. The Labute approximate surface area is 183 Å². The zero-order chi connectivity index (χ0) is 22.0. The quantitative estimate of drug-likeness (QED) is 0.373. The van der Waals surface area contributed by atoms with Gasteiger partial charge in [-0.2, -0.15) is 0 Å². The van der Waals surface area contributed by atoms with E-state index in [0.29, 0.717) is 33.3 Å². The molecule has 0 unspecified atom stereocenters. The van der Waals surface area contributed by atoms with Crippen molar-refractivity contribution in [3.05, 3.63) is 65.8 Å². The van der Waals surface area contributed by atoms with Gasteiger partial charge in [0.25, 0.3) is 10.0 Å². The van der Waals surface area contributed by atoms with Crippen molar-refractivity contribution in [1.29, 1.82) is 0 Å². The number of hydrogen-bond donors (Lipinski definition) is 3. The van der Waals surface area contributed by atoms with Crippen molar-refractivity contribution in [2.45, 2.75) is 4.90 Å². The normalized spacial score (nSPS) is 11.3. The highest BCUT2D eigenvalue weighted by atomic mass is 35.5. The molecule has 11 heteroatoms. The second-order valence-corrected chi connectivity index (χ2v) is 8.51. The Balaban J connectivity index is 1.80. The summed E-state index contributed by atoms with van der Waals surface area (Å²) in [6.07, 6.45) is 1.57. The van der Waals surface area contributed by atoms with Crippen molar-refractivity contribution in [2.75, 3.05) is 22.9 Å². The molecule has 9 nitrogen and oxygen atoms in total. The van der Waals surface area contributed by atoms with Crippen LogP contribution in [-0.2, 0) is 10.0 Å². The van der Waals surface area contributed by atoms with E-state index in [4.69, 9.17) is 22.1 Å². The minimum Gasteiger partial charge on any atom is -0.497 e. The minimum absolute atomic E-state index is 0.00838. The predicted molar refractivity (Wildman–Crippen MR) is 120 cm³/mol. The van der Waals surface area contributed by atoms with Crippen molar-refractivity contribution >= 4 is 55.8 Å². The fourth-order valence-corrected chi connectivity index (χ4v) is 4.00. The van der Waals surface area contributed by atoms with E-state index in [-0.39, 0.29) is 16.5 Å². The summed E-state index contributed by atoms with van der Waals surface area (Å²) in [4.78, 5) is 13.0. The molecule has 2 aromatic carbocycles. The van der Waals surface area contributed by atoms with Crippen LogP contribution in [0.15, 0.2) is 65.7 Å². The number of halogens is 1. The number of nitrogens with zero attached hydrogens (tertiary/aromatic N) is 3. The van der Waals surface area contributed by atoms with Crippen molar-refractivity contribution in [3.8, 4) is 5.75 Å². The van der Waals surface area contributed by atoms with Gasteiger partial charge in [0.05, 0.1) is 22.7 Å². The number of rotatable bonds is 6. The maximum Gasteiger partial charge on any atom is 0.263 e. The molecule has 4 rings (SSSR count).